The highest BCUT2D eigenvalue weighted by Crippen LogP contribution is 2.42. The van der Waals surface area contributed by atoms with Crippen LogP contribution in [0.4, 0.5) is 10.2 Å². The van der Waals surface area contributed by atoms with Gasteiger partial charge in [-0.2, -0.15) is 0 Å². The van der Waals surface area contributed by atoms with Gasteiger partial charge in [-0.05, 0) is 18.2 Å². The minimum Gasteiger partial charge on any atom is -0.493 e. The number of pyridine rings is 1. The molecule has 0 spiro atoms. The summed E-state index contributed by atoms with van der Waals surface area (Å²) in [5.41, 5.74) is 4.87. The van der Waals surface area contributed by atoms with Gasteiger partial charge in [0, 0.05) is 29.4 Å². The van der Waals surface area contributed by atoms with Gasteiger partial charge in [0.1, 0.15) is 17.9 Å². The van der Waals surface area contributed by atoms with Gasteiger partial charge in [0.25, 0.3) is 0 Å². The largest absolute Gasteiger partial charge is 0.493 e. The molecule has 0 saturated carbocycles. The van der Waals surface area contributed by atoms with Crippen LogP contribution in [0, 0.1) is 5.82 Å². The summed E-state index contributed by atoms with van der Waals surface area (Å²) in [6.45, 7) is 1.20. The van der Waals surface area contributed by atoms with E-state index in [1.165, 1.54) is 17.4 Å². The van der Waals surface area contributed by atoms with E-state index in [0.29, 0.717) is 42.5 Å². The fourth-order valence-electron chi connectivity index (χ4n) is 3.91. The van der Waals surface area contributed by atoms with Crippen LogP contribution in [0.1, 0.15) is 17.0 Å². The monoisotopic (exact) mass is 395 g/mol. The Morgan fingerprint density at radius 2 is 2.11 bits per heavy atom. The Bertz CT molecular complexity index is 1210. The quantitative estimate of drug-likeness (QED) is 0.532. The zero-order chi connectivity index (χ0) is 18.7. The Morgan fingerprint density at radius 1 is 1.21 bits per heavy atom. The number of rotatable bonds is 1. The van der Waals surface area contributed by atoms with Crippen molar-refractivity contribution in [3.05, 3.63) is 53.2 Å². The molecule has 4 aromatic rings. The second kappa shape index (κ2) is 5.90. The number of aromatic nitrogens is 4. The highest BCUT2D eigenvalue weighted by atomic mass is 32.1. The molecule has 0 bridgehead atoms. The standard InChI is InChI=1S/C19H14FN5O2S/c20-13-1-2-14-17-10(6-26-14)7-27-15-3-11(16-5-21-9-28-16)18-24-23-8-25(18)19(15)22-4-12(13)17/h1-3,5,8-10,22H,4,6-7H2/t10-/m1/s1. The molecule has 2 aliphatic heterocycles. The van der Waals surface area contributed by atoms with Gasteiger partial charge in [-0.3, -0.25) is 9.38 Å². The molecule has 3 aromatic heterocycles. The number of halogens is 1. The van der Waals surface area contributed by atoms with Gasteiger partial charge in [-0.1, -0.05) is 0 Å². The predicted molar refractivity (Wildman–Crippen MR) is 102 cm³/mol. The lowest BCUT2D eigenvalue weighted by molar-refractivity contribution is 0.249. The van der Waals surface area contributed by atoms with Crippen molar-refractivity contribution >= 4 is 22.8 Å². The van der Waals surface area contributed by atoms with E-state index in [9.17, 15) is 4.39 Å². The van der Waals surface area contributed by atoms with Crippen molar-refractivity contribution in [2.45, 2.75) is 12.5 Å². The molecule has 9 heteroatoms. The minimum atomic E-state index is -0.244. The molecule has 2 aliphatic rings. The first-order valence-corrected chi connectivity index (χ1v) is 9.74. The fourth-order valence-corrected chi connectivity index (χ4v) is 4.55. The predicted octanol–water partition coefficient (Wildman–Crippen LogP) is 3.47. The molecule has 7 nitrogen and oxygen atoms in total. The third kappa shape index (κ3) is 2.22. The maximum atomic E-state index is 14.6. The minimum absolute atomic E-state index is 0.0167. The molecule has 0 aliphatic carbocycles. The van der Waals surface area contributed by atoms with Crippen LogP contribution in [0.25, 0.3) is 16.1 Å². The van der Waals surface area contributed by atoms with Crippen molar-refractivity contribution in [2.24, 2.45) is 0 Å². The number of ether oxygens (including phenoxy) is 2. The fraction of sp³-hybridized carbons (Fsp3) is 0.211. The van der Waals surface area contributed by atoms with Crippen LogP contribution >= 0.6 is 11.3 Å². The number of hydrogen-bond donors (Lipinski definition) is 1. The molecular weight excluding hydrogens is 381 g/mol. The Labute approximate surface area is 162 Å². The van der Waals surface area contributed by atoms with E-state index in [-0.39, 0.29) is 11.7 Å². The summed E-state index contributed by atoms with van der Waals surface area (Å²) in [6, 6.07) is 5.10. The lowest BCUT2D eigenvalue weighted by atomic mass is 9.96. The van der Waals surface area contributed by atoms with Crippen molar-refractivity contribution in [2.75, 3.05) is 18.5 Å². The lowest BCUT2D eigenvalue weighted by Crippen LogP contribution is -2.13. The lowest BCUT2D eigenvalue weighted by Gasteiger charge is -2.16. The first-order valence-electron chi connectivity index (χ1n) is 8.86. The molecule has 1 aromatic carbocycles. The summed E-state index contributed by atoms with van der Waals surface area (Å²) in [5, 5.41) is 11.7. The number of fused-ring (bicyclic) bond motifs is 3. The van der Waals surface area contributed by atoms with E-state index in [4.69, 9.17) is 9.47 Å². The Hall–Kier alpha value is -3.20. The number of benzene rings is 1. The van der Waals surface area contributed by atoms with E-state index in [1.54, 1.807) is 24.1 Å². The molecule has 5 heterocycles. The number of hydrogen-bond acceptors (Lipinski definition) is 7. The summed E-state index contributed by atoms with van der Waals surface area (Å²) in [7, 11) is 0. The molecule has 1 atom stereocenters. The summed E-state index contributed by atoms with van der Waals surface area (Å²) < 4.78 is 28.4. The van der Waals surface area contributed by atoms with Crippen LogP contribution in [-0.2, 0) is 6.54 Å². The van der Waals surface area contributed by atoms with E-state index in [0.717, 1.165) is 21.8 Å². The van der Waals surface area contributed by atoms with E-state index in [1.807, 2.05) is 10.5 Å². The third-order valence-electron chi connectivity index (χ3n) is 5.22. The average Bonchev–Trinajstić information content (AvgIpc) is 3.45. The van der Waals surface area contributed by atoms with Gasteiger partial charge >= 0.3 is 0 Å². The highest BCUT2D eigenvalue weighted by Gasteiger charge is 2.31. The maximum Gasteiger partial charge on any atom is 0.171 e. The SMILES string of the molecule is Fc1ccc2c3c1CNc1c(cc(-c4cncs4)c4nncn14)OC[C@H]3CO2. The molecule has 6 rings (SSSR count). The van der Waals surface area contributed by atoms with Gasteiger partial charge in [0.15, 0.2) is 17.2 Å². The number of anilines is 1. The summed E-state index contributed by atoms with van der Waals surface area (Å²) >= 11 is 1.53. The van der Waals surface area contributed by atoms with Crippen molar-refractivity contribution in [3.63, 3.8) is 0 Å². The van der Waals surface area contributed by atoms with Crippen LogP contribution in [0.2, 0.25) is 0 Å². The zero-order valence-corrected chi connectivity index (χ0v) is 15.4. The molecule has 0 fully saturated rings. The van der Waals surface area contributed by atoms with Gasteiger partial charge < -0.3 is 14.8 Å². The van der Waals surface area contributed by atoms with E-state index < -0.39 is 0 Å². The van der Waals surface area contributed by atoms with Gasteiger partial charge in [0.05, 0.1) is 29.5 Å². The number of nitrogens with one attached hydrogen (secondary N) is 1. The second-order valence-electron chi connectivity index (χ2n) is 6.77. The first-order chi connectivity index (χ1) is 13.8. The van der Waals surface area contributed by atoms with Crippen LogP contribution in [-0.4, -0.2) is 32.8 Å². The van der Waals surface area contributed by atoms with Crippen molar-refractivity contribution in [3.8, 4) is 21.9 Å². The topological polar surface area (TPSA) is 73.6 Å². The molecular formula is C19H14FN5O2S. The number of nitrogens with zero attached hydrogens (tertiary/aromatic N) is 4. The normalized spacial score (nSPS) is 17.5. The van der Waals surface area contributed by atoms with Crippen molar-refractivity contribution in [1.29, 1.82) is 0 Å². The van der Waals surface area contributed by atoms with Crippen LogP contribution in [0.3, 0.4) is 0 Å². The maximum absolute atomic E-state index is 14.6. The molecule has 140 valence electrons. The highest BCUT2D eigenvalue weighted by molar-refractivity contribution is 7.13. The molecule has 0 unspecified atom stereocenters. The Balaban J connectivity index is 1.53. The van der Waals surface area contributed by atoms with Crippen molar-refractivity contribution in [1.82, 2.24) is 19.6 Å². The summed E-state index contributed by atoms with van der Waals surface area (Å²) in [6.07, 6.45) is 3.43. The molecule has 0 saturated heterocycles. The van der Waals surface area contributed by atoms with E-state index >= 15 is 0 Å². The number of thiazole rings is 1. The smallest absolute Gasteiger partial charge is 0.171 e. The first kappa shape index (κ1) is 15.8. The van der Waals surface area contributed by atoms with Gasteiger partial charge in [-0.15, -0.1) is 21.5 Å². The Morgan fingerprint density at radius 3 is 2.96 bits per heavy atom. The molecule has 28 heavy (non-hydrogen) atoms. The molecule has 1 N–H and O–H groups in total. The summed E-state index contributed by atoms with van der Waals surface area (Å²) in [4.78, 5) is 5.14. The Kier molecular flexibility index (Phi) is 3.33. The van der Waals surface area contributed by atoms with Crippen LogP contribution < -0.4 is 14.8 Å². The van der Waals surface area contributed by atoms with Crippen LogP contribution in [0.15, 0.2) is 36.2 Å². The third-order valence-corrected chi connectivity index (χ3v) is 6.02. The zero-order valence-electron chi connectivity index (χ0n) is 14.6. The average molecular weight is 395 g/mol. The van der Waals surface area contributed by atoms with Gasteiger partial charge in [-0.25, -0.2) is 4.39 Å². The molecule has 0 amide bonds. The van der Waals surface area contributed by atoms with E-state index in [2.05, 4.69) is 20.5 Å². The van der Waals surface area contributed by atoms with Crippen LogP contribution in [0.5, 0.6) is 11.5 Å². The van der Waals surface area contributed by atoms with Crippen molar-refractivity contribution < 1.29 is 13.9 Å². The molecule has 0 radical (unpaired) electrons. The second-order valence-corrected chi connectivity index (χ2v) is 7.66. The van der Waals surface area contributed by atoms with Gasteiger partial charge in [0.2, 0.25) is 0 Å². The summed E-state index contributed by atoms with van der Waals surface area (Å²) in [5.74, 6) is 1.84.